The number of allylic oxidation sites excluding steroid dienone is 2. The predicted octanol–water partition coefficient (Wildman–Crippen LogP) is 10.0. The fourth-order valence-corrected chi connectivity index (χ4v) is 3.68. The molecule has 0 bridgehead atoms. The van der Waals surface area contributed by atoms with Crippen molar-refractivity contribution < 1.29 is 0 Å². The topological polar surface area (TPSA) is 0 Å². The smallest absolute Gasteiger partial charge is 0.0351 e. The summed E-state index contributed by atoms with van der Waals surface area (Å²) in [5.41, 5.74) is 0. The monoisotopic (exact) mass is 364 g/mol. The molecule has 0 aromatic carbocycles. The highest BCUT2D eigenvalue weighted by atomic mass is 14.0. The van der Waals surface area contributed by atoms with E-state index < -0.39 is 0 Å². The van der Waals surface area contributed by atoms with Crippen LogP contribution in [0.3, 0.4) is 0 Å². The van der Waals surface area contributed by atoms with E-state index in [-0.39, 0.29) is 0 Å². The van der Waals surface area contributed by atoms with Gasteiger partial charge < -0.3 is 0 Å². The van der Waals surface area contributed by atoms with Crippen molar-refractivity contribution in [1.29, 1.82) is 0 Å². The molecule has 26 heavy (non-hydrogen) atoms. The van der Waals surface area contributed by atoms with Gasteiger partial charge in [-0.3, -0.25) is 0 Å². The van der Waals surface area contributed by atoms with Crippen LogP contribution in [-0.4, -0.2) is 0 Å². The molecule has 0 aliphatic carbocycles. The number of unbranched alkanes of at least 4 members (excludes halogenated alkanes) is 17. The molecule has 0 N–H and O–H groups in total. The highest BCUT2D eigenvalue weighted by Crippen LogP contribution is 2.14. The zero-order valence-corrected chi connectivity index (χ0v) is 18.9. The van der Waals surface area contributed by atoms with Crippen LogP contribution in [0.1, 0.15) is 149 Å². The first-order valence-electron chi connectivity index (χ1n) is 12.4. The molecule has 0 aromatic heterocycles. The van der Waals surface area contributed by atoms with E-state index in [1.165, 1.54) is 128 Å². The standard InChI is InChI=1S/C26H52/c1-4-5-6-7-8-9-10-11-12-13-14-15-16-17-18-19-20-21-22-23-24-25-26(2)3/h11-12,26H,4-10,13-25H2,1-3H3/b12-11+. The van der Waals surface area contributed by atoms with Gasteiger partial charge in [0.15, 0.2) is 0 Å². The molecule has 0 heterocycles. The fraction of sp³-hybridized carbons (Fsp3) is 0.923. The third-order valence-corrected chi connectivity index (χ3v) is 5.54. The first-order valence-corrected chi connectivity index (χ1v) is 12.4. The summed E-state index contributed by atoms with van der Waals surface area (Å²) in [6, 6.07) is 0. The predicted molar refractivity (Wildman–Crippen MR) is 122 cm³/mol. The molecule has 0 aromatic rings. The van der Waals surface area contributed by atoms with E-state index in [1.807, 2.05) is 0 Å². The van der Waals surface area contributed by atoms with Gasteiger partial charge in [-0.15, -0.1) is 0 Å². The lowest BCUT2D eigenvalue weighted by molar-refractivity contribution is 0.504. The molecule has 0 saturated carbocycles. The molecule has 0 unspecified atom stereocenters. The maximum absolute atomic E-state index is 2.44. The number of rotatable bonds is 21. The minimum absolute atomic E-state index is 0.894. The third-order valence-electron chi connectivity index (χ3n) is 5.54. The molecule has 0 aliphatic rings. The van der Waals surface area contributed by atoms with Crippen molar-refractivity contribution in [2.45, 2.75) is 149 Å². The van der Waals surface area contributed by atoms with Crippen molar-refractivity contribution in [3.63, 3.8) is 0 Å². The van der Waals surface area contributed by atoms with Crippen molar-refractivity contribution in [2.75, 3.05) is 0 Å². The average Bonchev–Trinajstić information content (AvgIpc) is 2.62. The van der Waals surface area contributed by atoms with Gasteiger partial charge in [-0.2, -0.15) is 0 Å². The molecule has 0 nitrogen and oxygen atoms in total. The van der Waals surface area contributed by atoms with E-state index in [2.05, 4.69) is 32.9 Å². The molecule has 0 atom stereocenters. The van der Waals surface area contributed by atoms with Gasteiger partial charge in [0.05, 0.1) is 0 Å². The van der Waals surface area contributed by atoms with E-state index in [9.17, 15) is 0 Å². The van der Waals surface area contributed by atoms with E-state index >= 15 is 0 Å². The Kier molecular flexibility index (Phi) is 22.6. The lowest BCUT2D eigenvalue weighted by Gasteiger charge is -2.04. The maximum Gasteiger partial charge on any atom is -0.0351 e. The second-order valence-electron chi connectivity index (χ2n) is 8.89. The minimum Gasteiger partial charge on any atom is -0.0885 e. The minimum atomic E-state index is 0.894. The Bertz CT molecular complexity index is 263. The SMILES string of the molecule is CCCCCCCC/C=C/CCCCCCCCCCCCCC(C)C. The van der Waals surface area contributed by atoms with Gasteiger partial charge in [0.25, 0.3) is 0 Å². The van der Waals surface area contributed by atoms with Gasteiger partial charge in [0.2, 0.25) is 0 Å². The molecule has 156 valence electrons. The zero-order chi connectivity index (χ0) is 19.1. The summed E-state index contributed by atoms with van der Waals surface area (Å²) in [7, 11) is 0. The maximum atomic E-state index is 2.44. The van der Waals surface area contributed by atoms with Crippen LogP contribution in [0.25, 0.3) is 0 Å². The summed E-state index contributed by atoms with van der Waals surface area (Å²) < 4.78 is 0. The normalized spacial score (nSPS) is 11.8. The molecule has 0 fully saturated rings. The van der Waals surface area contributed by atoms with Gasteiger partial charge >= 0.3 is 0 Å². The molecule has 0 amide bonds. The molecule has 0 radical (unpaired) electrons. The Labute approximate surface area is 167 Å². The van der Waals surface area contributed by atoms with Gasteiger partial charge in [-0.1, -0.05) is 136 Å². The summed E-state index contributed by atoms with van der Waals surface area (Å²) in [6.07, 6.45) is 33.5. The fourth-order valence-electron chi connectivity index (χ4n) is 3.68. The van der Waals surface area contributed by atoms with Crippen molar-refractivity contribution in [3.8, 4) is 0 Å². The molecule has 0 aliphatic heterocycles. The van der Waals surface area contributed by atoms with Gasteiger partial charge in [0.1, 0.15) is 0 Å². The molecule has 0 heteroatoms. The molecule has 0 spiro atoms. The van der Waals surface area contributed by atoms with Crippen LogP contribution >= 0.6 is 0 Å². The first-order chi connectivity index (χ1) is 12.8. The van der Waals surface area contributed by atoms with Gasteiger partial charge in [-0.05, 0) is 31.6 Å². The summed E-state index contributed by atoms with van der Waals surface area (Å²) in [5, 5.41) is 0. The van der Waals surface area contributed by atoms with E-state index in [0.717, 1.165) is 5.92 Å². The summed E-state index contributed by atoms with van der Waals surface area (Å²) in [6.45, 7) is 6.97. The summed E-state index contributed by atoms with van der Waals surface area (Å²) in [5.74, 6) is 0.894. The Morgan fingerprint density at radius 1 is 0.462 bits per heavy atom. The third kappa shape index (κ3) is 23.7. The average molecular weight is 365 g/mol. The van der Waals surface area contributed by atoms with Crippen LogP contribution in [-0.2, 0) is 0 Å². The van der Waals surface area contributed by atoms with Crippen LogP contribution in [0.5, 0.6) is 0 Å². The summed E-state index contributed by atoms with van der Waals surface area (Å²) >= 11 is 0. The molecule has 0 saturated heterocycles. The molecule has 0 rings (SSSR count). The Hall–Kier alpha value is -0.260. The van der Waals surface area contributed by atoms with Crippen LogP contribution in [0, 0.1) is 5.92 Å². The quantitative estimate of drug-likeness (QED) is 0.140. The first kappa shape index (κ1) is 25.7. The highest BCUT2D eigenvalue weighted by Gasteiger charge is 1.95. The molecular weight excluding hydrogens is 312 g/mol. The second kappa shape index (κ2) is 22.8. The van der Waals surface area contributed by atoms with Crippen LogP contribution in [0.4, 0.5) is 0 Å². The van der Waals surface area contributed by atoms with Crippen molar-refractivity contribution in [3.05, 3.63) is 12.2 Å². The Balaban J connectivity index is 3.05. The Morgan fingerprint density at radius 3 is 1.19 bits per heavy atom. The van der Waals surface area contributed by atoms with Crippen LogP contribution in [0.15, 0.2) is 12.2 Å². The van der Waals surface area contributed by atoms with Crippen molar-refractivity contribution in [2.24, 2.45) is 5.92 Å². The largest absolute Gasteiger partial charge is 0.0885 e. The lowest BCUT2D eigenvalue weighted by atomic mass is 10.0. The summed E-state index contributed by atoms with van der Waals surface area (Å²) in [4.78, 5) is 0. The molecular formula is C26H52. The van der Waals surface area contributed by atoms with E-state index in [1.54, 1.807) is 0 Å². The van der Waals surface area contributed by atoms with Gasteiger partial charge in [-0.25, -0.2) is 0 Å². The van der Waals surface area contributed by atoms with Crippen LogP contribution in [0.2, 0.25) is 0 Å². The Morgan fingerprint density at radius 2 is 0.808 bits per heavy atom. The number of hydrogen-bond donors (Lipinski definition) is 0. The lowest BCUT2D eigenvalue weighted by Crippen LogP contribution is -1.87. The highest BCUT2D eigenvalue weighted by molar-refractivity contribution is 4.81. The van der Waals surface area contributed by atoms with Crippen molar-refractivity contribution in [1.82, 2.24) is 0 Å². The van der Waals surface area contributed by atoms with Crippen LogP contribution < -0.4 is 0 Å². The zero-order valence-electron chi connectivity index (χ0n) is 18.9. The van der Waals surface area contributed by atoms with Gasteiger partial charge in [0, 0.05) is 0 Å². The van der Waals surface area contributed by atoms with E-state index in [0.29, 0.717) is 0 Å². The number of hydrogen-bond acceptors (Lipinski definition) is 0. The van der Waals surface area contributed by atoms with E-state index in [4.69, 9.17) is 0 Å². The van der Waals surface area contributed by atoms with Crippen molar-refractivity contribution >= 4 is 0 Å². The second-order valence-corrected chi connectivity index (χ2v) is 8.89.